The van der Waals surface area contributed by atoms with Crippen LogP contribution in [0, 0.1) is 13.8 Å². The lowest BCUT2D eigenvalue weighted by Crippen LogP contribution is -1.75. The molecule has 0 aliphatic rings. The second kappa shape index (κ2) is 1.94. The van der Waals surface area contributed by atoms with E-state index in [0.717, 1.165) is 0 Å². The Hall–Kier alpha value is -0.330. The van der Waals surface area contributed by atoms with E-state index < -0.39 is 0 Å². The second-order valence-corrected chi connectivity index (χ2v) is 0.790. The number of hydrogen-bond donors (Lipinski definition) is 0. The van der Waals surface area contributed by atoms with Gasteiger partial charge in [0.1, 0.15) is 0 Å². The predicted octanol–water partition coefficient (Wildman–Crippen LogP) is 0.725. The van der Waals surface area contributed by atoms with Gasteiger partial charge in [-0.1, -0.05) is 0 Å². The largest absolute Gasteiger partial charge is 0.297 e. The highest BCUT2D eigenvalue weighted by Gasteiger charge is 1.63. The van der Waals surface area contributed by atoms with Crippen LogP contribution in [0.3, 0.4) is 0 Å². The van der Waals surface area contributed by atoms with E-state index in [1.165, 1.54) is 0 Å². The van der Waals surface area contributed by atoms with Crippen LogP contribution in [0.4, 0.5) is 0 Å². The van der Waals surface area contributed by atoms with Crippen molar-refractivity contribution in [3.8, 4) is 0 Å². The summed E-state index contributed by atoms with van der Waals surface area (Å²) in [5, 5.41) is 0. The van der Waals surface area contributed by atoms with Crippen LogP contribution < -0.4 is 0 Å². The Morgan fingerprint density at radius 2 is 1.80 bits per heavy atom. The molecular formula is C4H7N. The third-order valence-corrected chi connectivity index (χ3v) is 0.316. The molecule has 0 fully saturated rings. The van der Waals surface area contributed by atoms with Crippen molar-refractivity contribution in [2.24, 2.45) is 4.99 Å². The molecule has 0 saturated carbocycles. The number of aliphatic imine (C=N–C) groups is 1. The van der Waals surface area contributed by atoms with Gasteiger partial charge in [-0.05, 0) is 13.8 Å². The molecule has 0 aromatic carbocycles. The summed E-state index contributed by atoms with van der Waals surface area (Å²) in [5.41, 5.74) is 0.630. The average molecular weight is 69.1 g/mol. The lowest BCUT2D eigenvalue weighted by atomic mass is 10.5. The molecule has 0 aromatic heterocycles. The molecule has 0 bridgehead atoms. The fourth-order valence-electron chi connectivity index (χ4n) is 0. The normalized spacial score (nSPS) is 7.00. The summed E-state index contributed by atoms with van der Waals surface area (Å²) in [5.74, 6) is 0. The van der Waals surface area contributed by atoms with Gasteiger partial charge in [0, 0.05) is 12.8 Å². The summed E-state index contributed by atoms with van der Waals surface area (Å²) in [4.78, 5) is 3.58. The van der Waals surface area contributed by atoms with E-state index in [4.69, 9.17) is 0 Å². The Balaban J connectivity index is 3.14. The first kappa shape index (κ1) is 4.67. The third kappa shape index (κ3) is 3.67. The van der Waals surface area contributed by atoms with Crippen molar-refractivity contribution in [3.05, 3.63) is 13.8 Å². The zero-order valence-electron chi connectivity index (χ0n) is 3.36. The summed E-state index contributed by atoms with van der Waals surface area (Å²) < 4.78 is 0. The van der Waals surface area contributed by atoms with Crippen molar-refractivity contribution in [1.82, 2.24) is 0 Å². The molecule has 0 aliphatic heterocycles. The zero-order chi connectivity index (χ0) is 4.28. The summed E-state index contributed by atoms with van der Waals surface area (Å²) >= 11 is 0. The molecule has 0 saturated heterocycles. The molecule has 0 rings (SSSR count). The van der Waals surface area contributed by atoms with E-state index in [-0.39, 0.29) is 0 Å². The molecule has 2 radical (unpaired) electrons. The second-order valence-electron chi connectivity index (χ2n) is 0.790. The Bertz CT molecular complexity index is 41.6. The van der Waals surface area contributed by atoms with Crippen molar-refractivity contribution in [2.45, 2.75) is 0 Å². The van der Waals surface area contributed by atoms with Gasteiger partial charge in [-0.3, -0.25) is 4.99 Å². The molecule has 0 heterocycles. The lowest BCUT2D eigenvalue weighted by Gasteiger charge is -1.73. The molecule has 5 heavy (non-hydrogen) atoms. The number of hydrogen-bond acceptors (Lipinski definition) is 1. The summed E-state index contributed by atoms with van der Waals surface area (Å²) in [7, 11) is 1.66. The molecular weight excluding hydrogens is 62.1 g/mol. The van der Waals surface area contributed by atoms with Crippen LogP contribution in [0.5, 0.6) is 0 Å². The summed E-state index contributed by atoms with van der Waals surface area (Å²) in [6.45, 7) is 6.79. The van der Waals surface area contributed by atoms with Crippen LogP contribution in [0.1, 0.15) is 0 Å². The SMILES string of the molecule is [CH2]C([CH2])=NC. The molecule has 0 aliphatic carbocycles. The molecule has 28 valence electrons. The molecule has 0 spiro atoms. The topological polar surface area (TPSA) is 12.4 Å². The van der Waals surface area contributed by atoms with Gasteiger partial charge < -0.3 is 0 Å². The van der Waals surface area contributed by atoms with Crippen LogP contribution in [0.15, 0.2) is 4.99 Å². The van der Waals surface area contributed by atoms with Crippen molar-refractivity contribution in [3.63, 3.8) is 0 Å². The van der Waals surface area contributed by atoms with Gasteiger partial charge in [-0.25, -0.2) is 0 Å². The van der Waals surface area contributed by atoms with Crippen LogP contribution in [-0.4, -0.2) is 12.8 Å². The number of nitrogens with zero attached hydrogens (tertiary/aromatic N) is 1. The fraction of sp³-hybridized carbons (Fsp3) is 0.250. The van der Waals surface area contributed by atoms with E-state index in [9.17, 15) is 0 Å². The molecule has 0 aromatic rings. The molecule has 0 amide bonds. The van der Waals surface area contributed by atoms with Crippen LogP contribution >= 0.6 is 0 Å². The van der Waals surface area contributed by atoms with Crippen LogP contribution in [0.25, 0.3) is 0 Å². The molecule has 1 nitrogen and oxygen atoms in total. The van der Waals surface area contributed by atoms with Gasteiger partial charge >= 0.3 is 0 Å². The van der Waals surface area contributed by atoms with E-state index in [0.29, 0.717) is 5.71 Å². The van der Waals surface area contributed by atoms with E-state index in [2.05, 4.69) is 18.8 Å². The fourth-order valence-corrected chi connectivity index (χ4v) is 0. The first-order chi connectivity index (χ1) is 2.27. The molecule has 0 N–H and O–H groups in total. The Morgan fingerprint density at radius 3 is 1.80 bits per heavy atom. The number of rotatable bonds is 0. The van der Waals surface area contributed by atoms with Crippen molar-refractivity contribution in [2.75, 3.05) is 7.05 Å². The van der Waals surface area contributed by atoms with Gasteiger partial charge in [0.2, 0.25) is 0 Å². The van der Waals surface area contributed by atoms with Crippen molar-refractivity contribution >= 4 is 5.71 Å². The van der Waals surface area contributed by atoms with Gasteiger partial charge in [0.25, 0.3) is 0 Å². The average Bonchev–Trinajstić information content (AvgIpc) is 1.38. The van der Waals surface area contributed by atoms with Gasteiger partial charge in [0.15, 0.2) is 0 Å². The van der Waals surface area contributed by atoms with Crippen molar-refractivity contribution in [1.29, 1.82) is 0 Å². The van der Waals surface area contributed by atoms with Crippen LogP contribution in [-0.2, 0) is 0 Å². The maximum Gasteiger partial charge on any atom is 0.0276 e. The zero-order valence-corrected chi connectivity index (χ0v) is 3.36. The highest BCUT2D eigenvalue weighted by atomic mass is 14.7. The summed E-state index contributed by atoms with van der Waals surface area (Å²) in [6.07, 6.45) is 0. The first-order valence-electron chi connectivity index (χ1n) is 1.38. The van der Waals surface area contributed by atoms with Gasteiger partial charge in [-0.2, -0.15) is 0 Å². The highest BCUT2D eigenvalue weighted by molar-refractivity contribution is 5.91. The monoisotopic (exact) mass is 69.1 g/mol. The maximum absolute atomic E-state index is 3.58. The van der Waals surface area contributed by atoms with E-state index in [1.807, 2.05) is 0 Å². The van der Waals surface area contributed by atoms with Crippen LogP contribution in [0.2, 0.25) is 0 Å². The Morgan fingerprint density at radius 1 is 1.60 bits per heavy atom. The standard InChI is InChI=1S/C4H7N/c1-4(2)5-3/h1-2H2,3H3. The quantitative estimate of drug-likeness (QED) is 0.372. The van der Waals surface area contributed by atoms with E-state index in [1.54, 1.807) is 7.05 Å². The smallest absolute Gasteiger partial charge is 0.0276 e. The van der Waals surface area contributed by atoms with E-state index >= 15 is 0 Å². The molecule has 0 unspecified atom stereocenters. The highest BCUT2D eigenvalue weighted by Crippen LogP contribution is 1.61. The van der Waals surface area contributed by atoms with Crippen molar-refractivity contribution < 1.29 is 0 Å². The Kier molecular flexibility index (Phi) is 1.81. The molecule has 1 heteroatoms. The minimum atomic E-state index is 0.630. The Labute approximate surface area is 32.7 Å². The predicted molar refractivity (Wildman–Crippen MR) is 24.1 cm³/mol. The van der Waals surface area contributed by atoms with Gasteiger partial charge in [0.05, 0.1) is 0 Å². The molecule has 0 atom stereocenters. The maximum atomic E-state index is 3.58. The summed E-state index contributed by atoms with van der Waals surface area (Å²) in [6, 6.07) is 0. The minimum Gasteiger partial charge on any atom is -0.297 e. The minimum absolute atomic E-state index is 0.630. The van der Waals surface area contributed by atoms with Gasteiger partial charge in [-0.15, -0.1) is 0 Å². The first-order valence-corrected chi connectivity index (χ1v) is 1.38. The lowest BCUT2D eigenvalue weighted by molar-refractivity contribution is 1.45. The third-order valence-electron chi connectivity index (χ3n) is 0.316.